The molecular formula is C21H17N3S2. The van der Waals surface area contributed by atoms with Crippen molar-refractivity contribution in [2.75, 3.05) is 0 Å². The predicted molar refractivity (Wildman–Crippen MR) is 112 cm³/mol. The molecule has 2 N–H and O–H groups in total. The Morgan fingerprint density at radius 3 is 2.38 bits per heavy atom. The fraction of sp³-hybridized carbons (Fsp3) is 0.0476. The van der Waals surface area contributed by atoms with Gasteiger partial charge in [-0.3, -0.25) is 0 Å². The molecule has 4 aromatic rings. The minimum Gasteiger partial charge on any atom is -0.382 e. The summed E-state index contributed by atoms with van der Waals surface area (Å²) in [6, 6.07) is 22.5. The molecule has 0 unspecified atom stereocenters. The van der Waals surface area contributed by atoms with Gasteiger partial charge in [-0.25, -0.2) is 9.98 Å². The van der Waals surface area contributed by atoms with Crippen LogP contribution in [0.4, 0.5) is 5.00 Å². The first-order chi connectivity index (χ1) is 12.7. The highest BCUT2D eigenvalue weighted by atomic mass is 32.1. The Morgan fingerprint density at radius 2 is 1.69 bits per heavy atom. The molecule has 5 heteroatoms. The van der Waals surface area contributed by atoms with E-state index >= 15 is 0 Å². The number of nitrogens with two attached hydrogens (primary N) is 1. The molecule has 0 saturated heterocycles. The molecule has 2 aromatic heterocycles. The Morgan fingerprint density at radius 1 is 0.923 bits per heavy atom. The first-order valence-electron chi connectivity index (χ1n) is 8.22. The molecule has 0 saturated carbocycles. The smallest absolute Gasteiger partial charge is 0.146 e. The van der Waals surface area contributed by atoms with Crippen molar-refractivity contribution >= 4 is 33.5 Å². The molecular weight excluding hydrogens is 358 g/mol. The molecule has 0 aliphatic carbocycles. The summed E-state index contributed by atoms with van der Waals surface area (Å²) in [6.45, 7) is 2.08. The van der Waals surface area contributed by atoms with E-state index in [1.807, 2.05) is 35.7 Å². The molecule has 0 atom stereocenters. The van der Waals surface area contributed by atoms with E-state index in [-0.39, 0.29) is 0 Å². The van der Waals surface area contributed by atoms with Crippen molar-refractivity contribution in [3.8, 4) is 21.8 Å². The van der Waals surface area contributed by atoms with Gasteiger partial charge in [-0.05, 0) is 18.4 Å². The SMILES string of the molecule is Cc1ccc(-c2nc(-c3ccccc3)sc2/N=C(\N)c2cccs2)cc1. The van der Waals surface area contributed by atoms with Gasteiger partial charge in [0.1, 0.15) is 21.5 Å². The summed E-state index contributed by atoms with van der Waals surface area (Å²) >= 11 is 3.15. The summed E-state index contributed by atoms with van der Waals surface area (Å²) in [7, 11) is 0. The van der Waals surface area contributed by atoms with Crippen molar-refractivity contribution in [1.29, 1.82) is 0 Å². The summed E-state index contributed by atoms with van der Waals surface area (Å²) in [4.78, 5) is 10.5. The van der Waals surface area contributed by atoms with Gasteiger partial charge in [0, 0.05) is 11.1 Å². The molecule has 0 bridgehead atoms. The van der Waals surface area contributed by atoms with E-state index < -0.39 is 0 Å². The number of amidine groups is 1. The Balaban J connectivity index is 1.84. The largest absolute Gasteiger partial charge is 0.382 e. The lowest BCUT2D eigenvalue weighted by atomic mass is 10.1. The highest BCUT2D eigenvalue weighted by molar-refractivity contribution is 7.19. The lowest BCUT2D eigenvalue weighted by Gasteiger charge is -2.01. The lowest BCUT2D eigenvalue weighted by molar-refractivity contribution is 1.37. The number of thiophene rings is 1. The second kappa shape index (κ2) is 7.23. The van der Waals surface area contributed by atoms with Crippen LogP contribution in [-0.4, -0.2) is 10.8 Å². The molecule has 2 aromatic carbocycles. The van der Waals surface area contributed by atoms with E-state index in [0.717, 1.165) is 31.7 Å². The van der Waals surface area contributed by atoms with E-state index in [9.17, 15) is 0 Å². The number of aromatic nitrogens is 1. The summed E-state index contributed by atoms with van der Waals surface area (Å²) in [5.74, 6) is 0.525. The fourth-order valence-corrected chi connectivity index (χ4v) is 4.19. The number of thiazole rings is 1. The molecule has 3 nitrogen and oxygen atoms in total. The molecule has 0 aliphatic rings. The molecule has 26 heavy (non-hydrogen) atoms. The third-order valence-corrected chi connectivity index (χ3v) is 5.84. The normalized spacial score (nSPS) is 11.7. The monoisotopic (exact) mass is 375 g/mol. The van der Waals surface area contributed by atoms with Crippen LogP contribution >= 0.6 is 22.7 Å². The molecule has 128 valence electrons. The van der Waals surface area contributed by atoms with Crippen molar-refractivity contribution in [2.24, 2.45) is 10.7 Å². The van der Waals surface area contributed by atoms with Crippen LogP contribution in [0.15, 0.2) is 77.1 Å². The third-order valence-electron chi connectivity index (χ3n) is 3.95. The maximum atomic E-state index is 6.23. The zero-order valence-corrected chi connectivity index (χ0v) is 15.8. The van der Waals surface area contributed by atoms with E-state index in [1.54, 1.807) is 22.7 Å². The Hall–Kier alpha value is -2.76. The Bertz CT molecular complexity index is 1030. The van der Waals surface area contributed by atoms with Gasteiger partial charge < -0.3 is 5.73 Å². The average molecular weight is 376 g/mol. The van der Waals surface area contributed by atoms with Crippen molar-refractivity contribution in [3.05, 3.63) is 82.6 Å². The van der Waals surface area contributed by atoms with E-state index in [4.69, 9.17) is 15.7 Å². The van der Waals surface area contributed by atoms with E-state index in [2.05, 4.69) is 43.3 Å². The zero-order valence-electron chi connectivity index (χ0n) is 14.2. The molecule has 4 rings (SSSR count). The third kappa shape index (κ3) is 3.45. The van der Waals surface area contributed by atoms with Crippen LogP contribution in [0, 0.1) is 6.92 Å². The van der Waals surface area contributed by atoms with Gasteiger partial charge in [-0.2, -0.15) is 0 Å². The summed E-state index contributed by atoms with van der Waals surface area (Å²) in [6.07, 6.45) is 0. The fourth-order valence-electron chi connectivity index (χ4n) is 2.58. The van der Waals surface area contributed by atoms with Crippen LogP contribution < -0.4 is 5.73 Å². The minimum atomic E-state index is 0.525. The summed E-state index contributed by atoms with van der Waals surface area (Å²) in [5.41, 5.74) is 10.4. The molecule has 0 spiro atoms. The second-order valence-corrected chi connectivity index (χ2v) is 7.80. The number of hydrogen-bond acceptors (Lipinski definition) is 4. The Labute approximate surface area is 160 Å². The van der Waals surface area contributed by atoms with Crippen molar-refractivity contribution in [3.63, 3.8) is 0 Å². The van der Waals surface area contributed by atoms with Crippen molar-refractivity contribution in [2.45, 2.75) is 6.92 Å². The van der Waals surface area contributed by atoms with Gasteiger partial charge in [0.05, 0.1) is 4.88 Å². The number of aliphatic imine (C=N–C) groups is 1. The number of nitrogens with zero attached hydrogens (tertiary/aromatic N) is 2. The van der Waals surface area contributed by atoms with Crippen LogP contribution in [0.25, 0.3) is 21.8 Å². The molecule has 2 heterocycles. The van der Waals surface area contributed by atoms with Crippen LogP contribution in [0.1, 0.15) is 10.4 Å². The summed E-state index contributed by atoms with van der Waals surface area (Å²) < 4.78 is 0. The highest BCUT2D eigenvalue weighted by Gasteiger charge is 2.15. The van der Waals surface area contributed by atoms with Crippen LogP contribution in [0.3, 0.4) is 0 Å². The van der Waals surface area contributed by atoms with Gasteiger partial charge in [0.2, 0.25) is 0 Å². The first kappa shape index (κ1) is 16.7. The number of benzene rings is 2. The quantitative estimate of drug-likeness (QED) is 0.357. The second-order valence-electron chi connectivity index (χ2n) is 5.88. The van der Waals surface area contributed by atoms with Crippen molar-refractivity contribution in [1.82, 2.24) is 4.98 Å². The predicted octanol–water partition coefficient (Wildman–Crippen LogP) is 5.88. The minimum absolute atomic E-state index is 0.525. The first-order valence-corrected chi connectivity index (χ1v) is 9.91. The molecule has 0 amide bonds. The highest BCUT2D eigenvalue weighted by Crippen LogP contribution is 2.40. The van der Waals surface area contributed by atoms with Gasteiger partial charge >= 0.3 is 0 Å². The van der Waals surface area contributed by atoms with Crippen LogP contribution in [0.5, 0.6) is 0 Å². The average Bonchev–Trinajstić information content (AvgIpc) is 3.33. The topological polar surface area (TPSA) is 51.3 Å². The zero-order chi connectivity index (χ0) is 17.9. The number of aryl methyl sites for hydroxylation is 1. The standard InChI is InChI=1S/C21H17N3S2/c1-14-9-11-15(12-10-14)18-21(24-19(22)17-8-5-13-25-17)26-20(23-18)16-6-3-2-4-7-16/h2-13H,1H3,(H2,22,24). The van der Waals surface area contributed by atoms with Gasteiger partial charge in [0.15, 0.2) is 0 Å². The lowest BCUT2D eigenvalue weighted by Crippen LogP contribution is -2.10. The molecule has 0 radical (unpaired) electrons. The van der Waals surface area contributed by atoms with Crippen molar-refractivity contribution < 1.29 is 0 Å². The molecule has 0 fully saturated rings. The Kier molecular flexibility index (Phi) is 4.65. The maximum Gasteiger partial charge on any atom is 0.146 e. The van der Waals surface area contributed by atoms with E-state index in [0.29, 0.717) is 5.84 Å². The maximum absolute atomic E-state index is 6.23. The van der Waals surface area contributed by atoms with Gasteiger partial charge in [-0.15, -0.1) is 11.3 Å². The van der Waals surface area contributed by atoms with Gasteiger partial charge in [0.25, 0.3) is 0 Å². The van der Waals surface area contributed by atoms with Gasteiger partial charge in [-0.1, -0.05) is 77.6 Å². The number of hydrogen-bond donors (Lipinski definition) is 1. The van der Waals surface area contributed by atoms with Crippen LogP contribution in [-0.2, 0) is 0 Å². The molecule has 0 aliphatic heterocycles. The number of rotatable bonds is 4. The summed E-state index contributed by atoms with van der Waals surface area (Å²) in [5, 5.41) is 3.78. The van der Waals surface area contributed by atoms with Crippen LogP contribution in [0.2, 0.25) is 0 Å². The van der Waals surface area contributed by atoms with E-state index in [1.165, 1.54) is 5.56 Å².